The molecule has 1 aliphatic heterocycles. The summed E-state index contributed by atoms with van der Waals surface area (Å²) < 4.78 is 56.6. The van der Waals surface area contributed by atoms with Crippen LogP contribution in [0.3, 0.4) is 0 Å². The topological polar surface area (TPSA) is 100.0 Å². The maximum atomic E-state index is 12.9. The Kier molecular flexibility index (Phi) is 6.74. The highest BCUT2D eigenvalue weighted by Crippen LogP contribution is 2.29. The van der Waals surface area contributed by atoms with E-state index in [1.54, 1.807) is 30.3 Å². The van der Waals surface area contributed by atoms with Crippen molar-refractivity contribution in [2.45, 2.75) is 35.3 Å². The van der Waals surface area contributed by atoms with Crippen LogP contribution in [-0.4, -0.2) is 60.9 Å². The summed E-state index contributed by atoms with van der Waals surface area (Å²) in [6, 6.07) is 11.8. The van der Waals surface area contributed by atoms with Crippen LogP contribution in [0.1, 0.15) is 11.3 Å². The number of amides is 1. The van der Waals surface area contributed by atoms with Gasteiger partial charge in [0.15, 0.2) is 0 Å². The molecule has 0 unspecified atom stereocenters. The minimum atomic E-state index is -4.72. The molecule has 1 aromatic carbocycles. The van der Waals surface area contributed by atoms with Gasteiger partial charge in [-0.25, -0.2) is 9.78 Å². The van der Waals surface area contributed by atoms with Gasteiger partial charge in [0.05, 0.1) is 34.8 Å². The van der Waals surface area contributed by atoms with Crippen LogP contribution in [-0.2, 0) is 28.3 Å². The van der Waals surface area contributed by atoms with E-state index in [9.17, 15) is 32.4 Å². The van der Waals surface area contributed by atoms with Gasteiger partial charge >= 0.3 is 12.3 Å². The molecule has 3 rings (SSSR count). The highest BCUT2D eigenvalue weighted by atomic mass is 32.2. The highest BCUT2D eigenvalue weighted by molar-refractivity contribution is 7.85. The van der Waals surface area contributed by atoms with Gasteiger partial charge in [-0.1, -0.05) is 36.4 Å². The van der Waals surface area contributed by atoms with Gasteiger partial charge in [-0.2, -0.15) is 13.2 Å². The third-order valence-corrected chi connectivity index (χ3v) is 6.16. The van der Waals surface area contributed by atoms with Crippen molar-refractivity contribution < 1.29 is 37.1 Å². The molecule has 2 N–H and O–H groups in total. The fourth-order valence-electron chi connectivity index (χ4n) is 2.98. The maximum Gasteiger partial charge on any atom is 0.433 e. The van der Waals surface area contributed by atoms with Crippen LogP contribution in [0, 0.1) is 0 Å². The molecule has 0 radical (unpaired) electrons. The van der Waals surface area contributed by atoms with Gasteiger partial charge in [0.2, 0.25) is 0 Å². The summed E-state index contributed by atoms with van der Waals surface area (Å²) in [6.45, 7) is -0.577. The Morgan fingerprint density at radius 2 is 1.83 bits per heavy atom. The highest BCUT2D eigenvalue weighted by Gasteiger charge is 2.42. The number of nitrogens with zero attached hydrogens (tertiary/aromatic N) is 2. The molecule has 0 aliphatic carbocycles. The summed E-state index contributed by atoms with van der Waals surface area (Å²) in [5, 5.41) is 18.7. The molecule has 11 heteroatoms. The number of hydrogen-bond donors (Lipinski definition) is 2. The summed E-state index contributed by atoms with van der Waals surface area (Å²) in [5.41, 5.74) is -0.491. The minimum absolute atomic E-state index is 0.0300. The van der Waals surface area contributed by atoms with Gasteiger partial charge in [0, 0.05) is 6.54 Å². The minimum Gasteiger partial charge on any atom is -0.445 e. The van der Waals surface area contributed by atoms with E-state index in [2.05, 4.69) is 4.98 Å². The molecule has 0 bridgehead atoms. The Bertz CT molecular complexity index is 913. The van der Waals surface area contributed by atoms with Crippen molar-refractivity contribution in [2.75, 3.05) is 13.1 Å². The second-order valence-corrected chi connectivity index (χ2v) is 8.32. The second kappa shape index (κ2) is 9.11. The molecule has 2 heterocycles. The number of carbonyl (C=O) groups is 1. The van der Waals surface area contributed by atoms with Crippen LogP contribution in [0.2, 0.25) is 0 Å². The number of aliphatic hydroxyl groups is 2. The SMILES string of the molecule is O=C(OCc1ccccc1)N1C[C@H](O)[C@H](O)[C@@H]([S@@](=O)c2cccc(C(F)(F)F)n2)C1. The van der Waals surface area contributed by atoms with Crippen molar-refractivity contribution in [3.05, 3.63) is 59.8 Å². The van der Waals surface area contributed by atoms with Crippen LogP contribution < -0.4 is 0 Å². The molecule has 1 aromatic heterocycles. The quantitative estimate of drug-likeness (QED) is 0.748. The smallest absolute Gasteiger partial charge is 0.433 e. The second-order valence-electron chi connectivity index (χ2n) is 6.70. The lowest BCUT2D eigenvalue weighted by Gasteiger charge is -2.37. The van der Waals surface area contributed by atoms with Gasteiger partial charge in [-0.05, 0) is 17.7 Å². The molecule has 1 saturated heterocycles. The molecular weight excluding hydrogens is 425 g/mol. The summed E-state index contributed by atoms with van der Waals surface area (Å²) >= 11 is 0. The molecule has 2 aromatic rings. The normalized spacial score (nSPS) is 23.1. The van der Waals surface area contributed by atoms with Crippen LogP contribution in [0.25, 0.3) is 0 Å². The number of rotatable bonds is 4. The van der Waals surface area contributed by atoms with E-state index >= 15 is 0 Å². The van der Waals surface area contributed by atoms with Gasteiger partial charge in [-0.3, -0.25) is 4.21 Å². The van der Waals surface area contributed by atoms with E-state index in [-0.39, 0.29) is 19.7 Å². The molecule has 30 heavy (non-hydrogen) atoms. The monoisotopic (exact) mass is 444 g/mol. The molecule has 0 spiro atoms. The Balaban J connectivity index is 1.73. The summed E-state index contributed by atoms with van der Waals surface area (Å²) in [5.74, 6) is 0. The van der Waals surface area contributed by atoms with Gasteiger partial charge in [0.1, 0.15) is 17.3 Å². The van der Waals surface area contributed by atoms with Gasteiger partial charge < -0.3 is 19.8 Å². The summed E-state index contributed by atoms with van der Waals surface area (Å²) in [7, 11) is -2.21. The molecular formula is C19H19F3N2O5S. The van der Waals surface area contributed by atoms with Crippen LogP contribution >= 0.6 is 0 Å². The number of aliphatic hydroxyl groups excluding tert-OH is 2. The Morgan fingerprint density at radius 3 is 2.50 bits per heavy atom. The standard InChI is InChI=1S/C19H19F3N2O5S/c20-19(21,22)15-7-4-8-16(23-15)30(28)14-10-24(9-13(25)17(14)26)18(27)29-11-12-5-2-1-3-6-12/h1-8,13-14,17,25-26H,9-11H2/t13-,14-,17-,30+/m0/s1. The van der Waals surface area contributed by atoms with Gasteiger partial charge in [0.25, 0.3) is 0 Å². The summed E-state index contributed by atoms with van der Waals surface area (Å²) in [6.07, 6.45) is -8.48. The average Bonchev–Trinajstić information content (AvgIpc) is 2.73. The zero-order valence-electron chi connectivity index (χ0n) is 15.5. The fraction of sp³-hybridized carbons (Fsp3) is 0.368. The Hall–Kier alpha value is -2.50. The number of pyridine rings is 1. The van der Waals surface area contributed by atoms with Crippen molar-refractivity contribution in [2.24, 2.45) is 0 Å². The number of β-amino-alcohol motifs (C(OH)–C–C–N with tert-alkyl or cyclic N) is 1. The zero-order chi connectivity index (χ0) is 21.9. The Morgan fingerprint density at radius 1 is 1.13 bits per heavy atom. The predicted octanol–water partition coefficient (Wildman–Crippen LogP) is 1.95. The maximum absolute atomic E-state index is 12.9. The fourth-order valence-corrected chi connectivity index (χ4v) is 4.44. The number of likely N-dealkylation sites (tertiary alicyclic amines) is 1. The van der Waals surface area contributed by atoms with E-state index in [1.165, 1.54) is 0 Å². The van der Waals surface area contributed by atoms with Crippen molar-refractivity contribution in [1.82, 2.24) is 9.88 Å². The number of benzene rings is 1. The lowest BCUT2D eigenvalue weighted by Crippen LogP contribution is -2.58. The number of halogens is 3. The van der Waals surface area contributed by atoms with E-state index < -0.39 is 51.2 Å². The van der Waals surface area contributed by atoms with Gasteiger partial charge in [-0.15, -0.1) is 0 Å². The summed E-state index contributed by atoms with van der Waals surface area (Å²) in [4.78, 5) is 16.8. The van der Waals surface area contributed by atoms with Crippen molar-refractivity contribution >= 4 is 16.9 Å². The van der Waals surface area contributed by atoms with Crippen molar-refractivity contribution in [3.8, 4) is 0 Å². The van der Waals surface area contributed by atoms with E-state index in [1.807, 2.05) is 0 Å². The number of hydrogen-bond acceptors (Lipinski definition) is 6. The first-order chi connectivity index (χ1) is 14.2. The molecule has 0 saturated carbocycles. The largest absolute Gasteiger partial charge is 0.445 e. The molecule has 7 nitrogen and oxygen atoms in total. The van der Waals surface area contributed by atoms with Crippen molar-refractivity contribution in [3.63, 3.8) is 0 Å². The predicted molar refractivity (Wildman–Crippen MR) is 99.6 cm³/mol. The third kappa shape index (κ3) is 5.15. The molecule has 162 valence electrons. The first-order valence-electron chi connectivity index (χ1n) is 8.93. The van der Waals surface area contributed by atoms with Crippen LogP contribution in [0.5, 0.6) is 0 Å². The first-order valence-corrected chi connectivity index (χ1v) is 10.1. The van der Waals surface area contributed by atoms with E-state index in [0.717, 1.165) is 28.7 Å². The Labute approximate surface area is 172 Å². The number of aromatic nitrogens is 1. The lowest BCUT2D eigenvalue weighted by molar-refractivity contribution is -0.141. The van der Waals surface area contributed by atoms with Crippen molar-refractivity contribution in [1.29, 1.82) is 0 Å². The average molecular weight is 444 g/mol. The number of piperidine rings is 1. The zero-order valence-corrected chi connectivity index (χ0v) is 16.3. The van der Waals surface area contributed by atoms with E-state index in [4.69, 9.17) is 4.74 Å². The number of ether oxygens (including phenoxy) is 1. The number of carbonyl (C=O) groups excluding carboxylic acids is 1. The van der Waals surface area contributed by atoms with E-state index in [0.29, 0.717) is 0 Å². The molecule has 1 fully saturated rings. The number of alkyl halides is 3. The van der Waals surface area contributed by atoms with Crippen LogP contribution in [0.4, 0.5) is 18.0 Å². The van der Waals surface area contributed by atoms with Crippen LogP contribution in [0.15, 0.2) is 53.6 Å². The lowest BCUT2D eigenvalue weighted by atomic mass is 10.1. The first kappa shape index (κ1) is 22.2. The molecule has 1 amide bonds. The molecule has 4 atom stereocenters. The molecule has 1 aliphatic rings. The third-order valence-electron chi connectivity index (χ3n) is 4.54.